The van der Waals surface area contributed by atoms with Crippen LogP contribution in [0.1, 0.15) is 59.8 Å². The second-order valence-corrected chi connectivity index (χ2v) is 9.80. The average Bonchev–Trinajstić information content (AvgIpc) is 3.11. The lowest BCUT2D eigenvalue weighted by Gasteiger charge is -2.32. The summed E-state index contributed by atoms with van der Waals surface area (Å²) in [5.41, 5.74) is -2.02. The Hall–Kier alpha value is -2.16. The molecule has 0 aromatic rings. The molecule has 0 spiro atoms. The highest BCUT2D eigenvalue weighted by Gasteiger charge is 2.42. The second-order valence-electron chi connectivity index (χ2n) is 9.80. The number of carbonyl (C=O) groups excluding carboxylic acids is 3. The number of rotatable bonds is 14. The lowest BCUT2D eigenvalue weighted by Crippen LogP contribution is -2.38. The topological polar surface area (TPSA) is 113 Å². The summed E-state index contributed by atoms with van der Waals surface area (Å²) in [4.78, 5) is 52.5. The number of ether oxygens (including phenoxy) is 2. The summed E-state index contributed by atoms with van der Waals surface area (Å²) in [5.74, 6) is -2.85. The molecule has 1 heterocycles. The standard InChI is InChI=1S/C23H40N2O7/c1-7-23(4,21(30)32-13-11-24(5)6)16-17(19(27)28)15-22(2,3)20(29)31-14-12-25-10-8-9-18(25)26/h17H,7-16H2,1-6H3,(H,27,28). The van der Waals surface area contributed by atoms with Crippen LogP contribution in [-0.2, 0) is 28.7 Å². The van der Waals surface area contributed by atoms with Gasteiger partial charge < -0.3 is 24.4 Å². The predicted molar refractivity (Wildman–Crippen MR) is 119 cm³/mol. The molecule has 1 aliphatic rings. The van der Waals surface area contributed by atoms with E-state index in [1.54, 1.807) is 25.7 Å². The van der Waals surface area contributed by atoms with Crippen LogP contribution in [0.4, 0.5) is 0 Å². The quantitative estimate of drug-likeness (QED) is 0.396. The van der Waals surface area contributed by atoms with Gasteiger partial charge in [-0.1, -0.05) is 6.92 Å². The number of carboxylic acid groups (broad SMARTS) is 1. The van der Waals surface area contributed by atoms with Gasteiger partial charge in [-0.15, -0.1) is 0 Å². The smallest absolute Gasteiger partial charge is 0.311 e. The van der Waals surface area contributed by atoms with E-state index in [0.717, 1.165) is 6.42 Å². The zero-order valence-corrected chi connectivity index (χ0v) is 20.4. The molecule has 2 unspecified atom stereocenters. The van der Waals surface area contributed by atoms with Gasteiger partial charge in [0.1, 0.15) is 13.2 Å². The Morgan fingerprint density at radius 2 is 1.72 bits per heavy atom. The molecule has 0 bridgehead atoms. The second kappa shape index (κ2) is 12.2. The molecule has 0 radical (unpaired) electrons. The van der Waals surface area contributed by atoms with Gasteiger partial charge >= 0.3 is 17.9 Å². The predicted octanol–water partition coefficient (Wildman–Crippen LogP) is 2.18. The minimum atomic E-state index is -1.06. The van der Waals surface area contributed by atoms with Gasteiger partial charge in [0.05, 0.1) is 23.3 Å². The van der Waals surface area contributed by atoms with E-state index in [1.807, 2.05) is 25.9 Å². The SMILES string of the molecule is CCC(C)(CC(CC(C)(C)C(=O)OCCN1CCCC1=O)C(=O)O)C(=O)OCCN(C)C. The van der Waals surface area contributed by atoms with E-state index in [0.29, 0.717) is 32.5 Å². The van der Waals surface area contributed by atoms with Gasteiger partial charge in [0.25, 0.3) is 0 Å². The van der Waals surface area contributed by atoms with Crippen LogP contribution in [0.25, 0.3) is 0 Å². The van der Waals surface area contributed by atoms with E-state index in [4.69, 9.17) is 9.47 Å². The highest BCUT2D eigenvalue weighted by atomic mass is 16.5. The van der Waals surface area contributed by atoms with E-state index < -0.39 is 34.7 Å². The van der Waals surface area contributed by atoms with Crippen molar-refractivity contribution in [2.24, 2.45) is 16.7 Å². The summed E-state index contributed by atoms with van der Waals surface area (Å²) in [5, 5.41) is 9.80. The molecule has 2 atom stereocenters. The van der Waals surface area contributed by atoms with Gasteiger partial charge in [-0.05, 0) is 60.5 Å². The molecule has 184 valence electrons. The molecule has 1 rings (SSSR count). The van der Waals surface area contributed by atoms with Crippen LogP contribution in [0.5, 0.6) is 0 Å². The number of likely N-dealkylation sites (N-methyl/N-ethyl adjacent to an activating group) is 1. The molecule has 1 N–H and O–H groups in total. The number of esters is 2. The molecule has 32 heavy (non-hydrogen) atoms. The van der Waals surface area contributed by atoms with Crippen molar-refractivity contribution in [2.45, 2.75) is 59.8 Å². The number of nitrogens with zero attached hydrogens (tertiary/aromatic N) is 2. The fraction of sp³-hybridized carbons (Fsp3) is 0.826. The molecule has 0 aromatic carbocycles. The third-order valence-corrected chi connectivity index (χ3v) is 6.17. The zero-order valence-electron chi connectivity index (χ0n) is 20.4. The number of carbonyl (C=O) groups is 4. The van der Waals surface area contributed by atoms with Crippen molar-refractivity contribution in [1.82, 2.24) is 9.80 Å². The Kier molecular flexibility index (Phi) is 10.6. The molecule has 1 fully saturated rings. The summed E-state index contributed by atoms with van der Waals surface area (Å²) in [6, 6.07) is 0. The van der Waals surface area contributed by atoms with E-state index in [1.165, 1.54) is 0 Å². The Morgan fingerprint density at radius 1 is 1.09 bits per heavy atom. The fourth-order valence-corrected chi connectivity index (χ4v) is 3.74. The molecule has 9 heteroatoms. The molecule has 1 amide bonds. The molecular formula is C23H40N2O7. The third kappa shape index (κ3) is 8.41. The van der Waals surface area contributed by atoms with Crippen LogP contribution in [0, 0.1) is 16.7 Å². The van der Waals surface area contributed by atoms with Gasteiger partial charge in [0.2, 0.25) is 5.91 Å². The Balaban J connectivity index is 2.71. The highest BCUT2D eigenvalue weighted by Crippen LogP contribution is 2.37. The number of hydrogen-bond donors (Lipinski definition) is 1. The Bertz CT molecular complexity index is 677. The van der Waals surface area contributed by atoms with Crippen LogP contribution in [-0.4, -0.2) is 85.7 Å². The fourth-order valence-electron chi connectivity index (χ4n) is 3.74. The molecule has 0 saturated carbocycles. The zero-order chi connectivity index (χ0) is 24.5. The van der Waals surface area contributed by atoms with Crippen molar-refractivity contribution < 1.29 is 33.8 Å². The molecule has 9 nitrogen and oxygen atoms in total. The third-order valence-electron chi connectivity index (χ3n) is 6.17. The first-order chi connectivity index (χ1) is 14.8. The maximum absolute atomic E-state index is 12.7. The van der Waals surface area contributed by atoms with Gasteiger partial charge in [-0.2, -0.15) is 0 Å². The van der Waals surface area contributed by atoms with Gasteiger partial charge in [0, 0.05) is 19.5 Å². The largest absolute Gasteiger partial charge is 0.481 e. The van der Waals surface area contributed by atoms with Crippen LogP contribution < -0.4 is 0 Å². The summed E-state index contributed by atoms with van der Waals surface area (Å²) < 4.78 is 10.7. The minimum Gasteiger partial charge on any atom is -0.481 e. The van der Waals surface area contributed by atoms with E-state index in [9.17, 15) is 24.3 Å². The van der Waals surface area contributed by atoms with Crippen molar-refractivity contribution in [1.29, 1.82) is 0 Å². The van der Waals surface area contributed by atoms with Crippen LogP contribution >= 0.6 is 0 Å². The Morgan fingerprint density at radius 3 is 2.22 bits per heavy atom. The molecule has 1 aliphatic heterocycles. The normalized spacial score (nSPS) is 17.2. The molecule has 0 aliphatic carbocycles. The van der Waals surface area contributed by atoms with Crippen molar-refractivity contribution in [3.63, 3.8) is 0 Å². The summed E-state index contributed by atoms with van der Waals surface area (Å²) in [7, 11) is 3.75. The van der Waals surface area contributed by atoms with Crippen LogP contribution in [0.2, 0.25) is 0 Å². The number of amides is 1. The molecule has 0 aromatic heterocycles. The summed E-state index contributed by atoms with van der Waals surface area (Å²) in [6.45, 7) is 8.72. The molecular weight excluding hydrogens is 416 g/mol. The first-order valence-electron chi connectivity index (χ1n) is 11.3. The number of likely N-dealkylation sites (tertiary alicyclic amines) is 1. The van der Waals surface area contributed by atoms with E-state index in [2.05, 4.69) is 0 Å². The lowest BCUT2D eigenvalue weighted by molar-refractivity contribution is -0.160. The van der Waals surface area contributed by atoms with Crippen molar-refractivity contribution in [2.75, 3.05) is 46.9 Å². The monoisotopic (exact) mass is 456 g/mol. The van der Waals surface area contributed by atoms with E-state index in [-0.39, 0.29) is 32.0 Å². The number of aliphatic carboxylic acids is 1. The number of carboxylic acids is 1. The lowest BCUT2D eigenvalue weighted by atomic mass is 9.73. The van der Waals surface area contributed by atoms with Crippen LogP contribution in [0.15, 0.2) is 0 Å². The van der Waals surface area contributed by atoms with E-state index >= 15 is 0 Å². The van der Waals surface area contributed by atoms with Crippen molar-refractivity contribution in [3.8, 4) is 0 Å². The number of hydrogen-bond acceptors (Lipinski definition) is 7. The molecule has 1 saturated heterocycles. The first-order valence-corrected chi connectivity index (χ1v) is 11.3. The Labute approximate surface area is 191 Å². The first kappa shape index (κ1) is 27.9. The average molecular weight is 457 g/mol. The van der Waals surface area contributed by atoms with Gasteiger partial charge in [-0.25, -0.2) is 0 Å². The summed E-state index contributed by atoms with van der Waals surface area (Å²) in [6.07, 6.45) is 1.86. The summed E-state index contributed by atoms with van der Waals surface area (Å²) >= 11 is 0. The van der Waals surface area contributed by atoms with Crippen LogP contribution in [0.3, 0.4) is 0 Å². The maximum Gasteiger partial charge on any atom is 0.311 e. The van der Waals surface area contributed by atoms with Gasteiger partial charge in [-0.3, -0.25) is 19.2 Å². The van der Waals surface area contributed by atoms with Gasteiger partial charge in [0.15, 0.2) is 0 Å². The minimum absolute atomic E-state index is 0.0321. The highest BCUT2D eigenvalue weighted by molar-refractivity contribution is 5.80. The van der Waals surface area contributed by atoms with Crippen molar-refractivity contribution >= 4 is 23.8 Å². The van der Waals surface area contributed by atoms with Crippen molar-refractivity contribution in [3.05, 3.63) is 0 Å². The maximum atomic E-state index is 12.7.